The number of nitrogens with one attached hydrogen (secondary N) is 1. The highest BCUT2D eigenvalue weighted by molar-refractivity contribution is 7.08. The molecular formula is C6H7N3S. The minimum atomic E-state index is 0.392. The second kappa shape index (κ2) is 2.67. The quantitative estimate of drug-likeness (QED) is 0.582. The van der Waals surface area contributed by atoms with Crippen molar-refractivity contribution in [2.75, 3.05) is 0 Å². The monoisotopic (exact) mass is 153 g/mol. The van der Waals surface area contributed by atoms with Crippen LogP contribution >= 0.6 is 11.3 Å². The molecule has 0 aliphatic rings. The van der Waals surface area contributed by atoms with Gasteiger partial charge < -0.3 is 0 Å². The highest BCUT2D eigenvalue weighted by Crippen LogP contribution is 1.93. The van der Waals surface area contributed by atoms with Gasteiger partial charge in [-0.3, -0.25) is 5.41 Å². The summed E-state index contributed by atoms with van der Waals surface area (Å²) >= 11 is 1.33. The van der Waals surface area contributed by atoms with Crippen LogP contribution in [0.1, 0.15) is 5.01 Å². The van der Waals surface area contributed by atoms with Crippen molar-refractivity contribution in [1.82, 2.24) is 9.78 Å². The SMILES string of the molecule is C#CCn1nc(C)sc1=N. The maximum Gasteiger partial charge on any atom is 0.201 e. The molecule has 52 valence electrons. The van der Waals surface area contributed by atoms with Crippen LogP contribution in [-0.2, 0) is 6.54 Å². The third-order valence-electron chi connectivity index (χ3n) is 0.981. The predicted molar refractivity (Wildman–Crippen MR) is 39.5 cm³/mol. The van der Waals surface area contributed by atoms with Gasteiger partial charge in [0, 0.05) is 0 Å². The molecule has 3 nitrogen and oxygen atoms in total. The fourth-order valence-corrected chi connectivity index (χ4v) is 1.25. The molecule has 0 saturated carbocycles. The van der Waals surface area contributed by atoms with Crippen molar-refractivity contribution in [2.24, 2.45) is 0 Å². The van der Waals surface area contributed by atoms with Gasteiger partial charge in [-0.2, -0.15) is 5.10 Å². The molecule has 1 aromatic heterocycles. The molecule has 0 amide bonds. The molecule has 1 N–H and O–H groups in total. The van der Waals surface area contributed by atoms with Crippen LogP contribution in [-0.4, -0.2) is 9.78 Å². The zero-order valence-corrected chi connectivity index (χ0v) is 6.40. The van der Waals surface area contributed by atoms with E-state index in [1.54, 1.807) is 0 Å². The molecule has 0 aromatic carbocycles. The van der Waals surface area contributed by atoms with Crippen molar-refractivity contribution >= 4 is 11.3 Å². The normalized spacial score (nSPS) is 9.20. The first-order valence-corrected chi connectivity index (χ1v) is 3.58. The van der Waals surface area contributed by atoms with E-state index >= 15 is 0 Å². The van der Waals surface area contributed by atoms with Crippen molar-refractivity contribution in [3.8, 4) is 12.3 Å². The van der Waals surface area contributed by atoms with Crippen LogP contribution in [0.25, 0.3) is 0 Å². The summed E-state index contributed by atoms with van der Waals surface area (Å²) in [5, 5.41) is 12.2. The van der Waals surface area contributed by atoms with E-state index in [1.165, 1.54) is 16.0 Å². The van der Waals surface area contributed by atoms with E-state index < -0.39 is 0 Å². The zero-order valence-electron chi connectivity index (χ0n) is 5.59. The molecule has 0 spiro atoms. The second-order valence-electron chi connectivity index (χ2n) is 1.79. The number of aryl methyl sites for hydroxylation is 1. The minimum Gasteiger partial charge on any atom is -0.274 e. The summed E-state index contributed by atoms with van der Waals surface area (Å²) in [5.74, 6) is 2.43. The van der Waals surface area contributed by atoms with Crippen molar-refractivity contribution < 1.29 is 0 Å². The molecule has 0 atom stereocenters. The summed E-state index contributed by atoms with van der Waals surface area (Å²) < 4.78 is 1.50. The van der Waals surface area contributed by atoms with Gasteiger partial charge in [-0.1, -0.05) is 17.3 Å². The highest BCUT2D eigenvalue weighted by Gasteiger charge is 1.95. The third kappa shape index (κ3) is 1.25. The summed E-state index contributed by atoms with van der Waals surface area (Å²) in [4.78, 5) is 0.412. The van der Waals surface area contributed by atoms with Gasteiger partial charge in [-0.15, -0.1) is 6.42 Å². The average molecular weight is 153 g/mol. The highest BCUT2D eigenvalue weighted by atomic mass is 32.1. The van der Waals surface area contributed by atoms with E-state index in [2.05, 4.69) is 11.0 Å². The molecule has 0 saturated heterocycles. The van der Waals surface area contributed by atoms with Gasteiger partial charge in [0.05, 0.1) is 0 Å². The van der Waals surface area contributed by atoms with Gasteiger partial charge in [0.2, 0.25) is 4.80 Å². The molecule has 1 rings (SSSR count). The summed E-state index contributed by atoms with van der Waals surface area (Å²) in [6.07, 6.45) is 5.05. The van der Waals surface area contributed by atoms with Crippen LogP contribution in [0, 0.1) is 24.7 Å². The number of terminal acetylenes is 1. The Labute approximate surface area is 62.8 Å². The predicted octanol–water partition coefficient (Wildman–Crippen LogP) is 0.366. The van der Waals surface area contributed by atoms with E-state index in [1.807, 2.05) is 6.92 Å². The number of aromatic nitrogens is 2. The second-order valence-corrected chi connectivity index (χ2v) is 2.97. The Hall–Kier alpha value is -1.08. The van der Waals surface area contributed by atoms with Gasteiger partial charge >= 0.3 is 0 Å². The van der Waals surface area contributed by atoms with Crippen LogP contribution in [0.5, 0.6) is 0 Å². The minimum absolute atomic E-state index is 0.392. The first-order valence-electron chi connectivity index (χ1n) is 2.76. The molecule has 10 heavy (non-hydrogen) atoms. The maximum absolute atomic E-state index is 7.32. The fourth-order valence-electron chi connectivity index (χ4n) is 0.622. The summed E-state index contributed by atoms with van der Waals surface area (Å²) in [7, 11) is 0. The summed E-state index contributed by atoms with van der Waals surface area (Å²) in [5.41, 5.74) is 0. The van der Waals surface area contributed by atoms with E-state index in [0.717, 1.165) is 5.01 Å². The van der Waals surface area contributed by atoms with Crippen molar-refractivity contribution in [3.63, 3.8) is 0 Å². The van der Waals surface area contributed by atoms with Gasteiger partial charge in [0.15, 0.2) is 0 Å². The van der Waals surface area contributed by atoms with E-state index in [4.69, 9.17) is 11.8 Å². The molecular weight excluding hydrogens is 146 g/mol. The van der Waals surface area contributed by atoms with Crippen molar-refractivity contribution in [3.05, 3.63) is 9.81 Å². The Kier molecular flexibility index (Phi) is 1.88. The van der Waals surface area contributed by atoms with Crippen LogP contribution in [0.15, 0.2) is 0 Å². The Balaban J connectivity index is 3.06. The Morgan fingerprint density at radius 3 is 3.00 bits per heavy atom. The van der Waals surface area contributed by atoms with Crippen LogP contribution < -0.4 is 4.80 Å². The van der Waals surface area contributed by atoms with Gasteiger partial charge in [0.25, 0.3) is 0 Å². The summed E-state index contributed by atoms with van der Waals surface area (Å²) in [6, 6.07) is 0. The first kappa shape index (κ1) is 7.03. The lowest BCUT2D eigenvalue weighted by atomic mass is 10.7. The molecule has 4 heteroatoms. The topological polar surface area (TPSA) is 41.7 Å². The molecule has 1 aromatic rings. The smallest absolute Gasteiger partial charge is 0.201 e. The van der Waals surface area contributed by atoms with Crippen molar-refractivity contribution in [2.45, 2.75) is 13.5 Å². The lowest BCUT2D eigenvalue weighted by molar-refractivity contribution is 0.667. The molecule has 0 bridgehead atoms. The van der Waals surface area contributed by atoms with E-state index in [-0.39, 0.29) is 0 Å². The molecule has 0 radical (unpaired) electrons. The average Bonchev–Trinajstić information content (AvgIpc) is 2.13. The van der Waals surface area contributed by atoms with Gasteiger partial charge in [0.1, 0.15) is 11.6 Å². The lowest BCUT2D eigenvalue weighted by Gasteiger charge is -1.88. The zero-order chi connectivity index (χ0) is 7.56. The molecule has 0 aliphatic carbocycles. The van der Waals surface area contributed by atoms with Gasteiger partial charge in [-0.25, -0.2) is 4.68 Å². The number of hydrogen-bond acceptors (Lipinski definition) is 3. The van der Waals surface area contributed by atoms with Crippen LogP contribution in [0.3, 0.4) is 0 Å². The Morgan fingerprint density at radius 2 is 2.60 bits per heavy atom. The van der Waals surface area contributed by atoms with Crippen molar-refractivity contribution in [1.29, 1.82) is 5.41 Å². The first-order chi connectivity index (χ1) is 4.74. The number of hydrogen-bond donors (Lipinski definition) is 1. The lowest BCUT2D eigenvalue weighted by Crippen LogP contribution is -2.13. The molecule has 0 aliphatic heterocycles. The fraction of sp³-hybridized carbons (Fsp3) is 0.333. The van der Waals surface area contributed by atoms with E-state index in [0.29, 0.717) is 11.3 Å². The summed E-state index contributed by atoms with van der Waals surface area (Å²) in [6.45, 7) is 2.25. The largest absolute Gasteiger partial charge is 0.274 e. The standard InChI is InChI=1S/C6H7N3S/c1-3-4-9-6(7)10-5(2)8-9/h1,7H,4H2,2H3. The molecule has 1 heterocycles. The van der Waals surface area contributed by atoms with E-state index in [9.17, 15) is 0 Å². The van der Waals surface area contributed by atoms with Crippen LogP contribution in [0.2, 0.25) is 0 Å². The number of rotatable bonds is 1. The maximum atomic E-state index is 7.32. The van der Waals surface area contributed by atoms with Gasteiger partial charge in [-0.05, 0) is 6.92 Å². The number of nitrogens with zero attached hydrogens (tertiary/aromatic N) is 2. The molecule has 0 fully saturated rings. The van der Waals surface area contributed by atoms with Crippen LogP contribution in [0.4, 0.5) is 0 Å². The Bertz CT molecular complexity index is 314. The third-order valence-corrected chi connectivity index (χ3v) is 1.76. The molecule has 0 unspecified atom stereocenters. The Morgan fingerprint density at radius 1 is 1.90 bits per heavy atom.